The summed E-state index contributed by atoms with van der Waals surface area (Å²) >= 11 is 0. The van der Waals surface area contributed by atoms with E-state index in [-0.39, 0.29) is 6.42 Å². The molecule has 2 aromatic rings. The summed E-state index contributed by atoms with van der Waals surface area (Å²) in [6.07, 6.45) is -5.74. The summed E-state index contributed by atoms with van der Waals surface area (Å²) in [4.78, 5) is 12.3. The topological polar surface area (TPSA) is 145 Å². The summed E-state index contributed by atoms with van der Waals surface area (Å²) in [5, 5.41) is 45.8. The van der Waals surface area contributed by atoms with Crippen molar-refractivity contribution in [2.45, 2.75) is 44.0 Å². The first-order valence-corrected chi connectivity index (χ1v) is 7.85. The summed E-state index contributed by atoms with van der Waals surface area (Å²) in [6, 6.07) is 4.23. The van der Waals surface area contributed by atoms with Gasteiger partial charge < -0.3 is 35.0 Å². The third-order valence-electron chi connectivity index (χ3n) is 4.26. The number of aromatic nitrogens is 1. The molecule has 1 aromatic heterocycles. The number of rotatable bonds is 4. The molecule has 0 radical (unpaired) electrons. The van der Waals surface area contributed by atoms with E-state index in [1.165, 1.54) is 0 Å². The Hall–Kier alpha value is -2.04. The van der Waals surface area contributed by atoms with Gasteiger partial charge in [0, 0.05) is 5.39 Å². The van der Waals surface area contributed by atoms with Crippen LogP contribution in [0.4, 0.5) is 0 Å². The summed E-state index contributed by atoms with van der Waals surface area (Å²) in [6.45, 7) is 1.33. The predicted octanol–water partition coefficient (Wildman–Crippen LogP) is -1.41. The van der Waals surface area contributed by atoms with Crippen LogP contribution in [0.25, 0.3) is 11.0 Å². The van der Waals surface area contributed by atoms with Gasteiger partial charge in [-0.1, -0.05) is 16.8 Å². The highest BCUT2D eigenvalue weighted by Gasteiger charge is 2.44. The zero-order valence-corrected chi connectivity index (χ0v) is 13.5. The number of hydrogen-bond acceptors (Lipinski definition) is 8. The van der Waals surface area contributed by atoms with Crippen molar-refractivity contribution in [3.05, 3.63) is 29.5 Å². The van der Waals surface area contributed by atoms with Gasteiger partial charge in [0.25, 0.3) is 0 Å². The molecular weight excluding hydrogens is 332 g/mol. The van der Waals surface area contributed by atoms with Gasteiger partial charge in [-0.15, -0.1) is 0 Å². The van der Waals surface area contributed by atoms with E-state index in [1.54, 1.807) is 6.07 Å². The number of aliphatic hydroxyl groups excluding tert-OH is 4. The second-order valence-electron chi connectivity index (χ2n) is 6.13. The van der Waals surface area contributed by atoms with Crippen molar-refractivity contribution >= 4 is 16.9 Å². The van der Waals surface area contributed by atoms with E-state index in [1.807, 2.05) is 19.1 Å². The van der Waals surface area contributed by atoms with Crippen LogP contribution >= 0.6 is 0 Å². The van der Waals surface area contributed by atoms with Crippen molar-refractivity contribution in [1.29, 1.82) is 0 Å². The number of hydrogen-bond donors (Lipinski definition) is 5. The molecule has 136 valence electrons. The molecule has 25 heavy (non-hydrogen) atoms. The smallest absolute Gasteiger partial charge is 0.226 e. The van der Waals surface area contributed by atoms with Gasteiger partial charge in [-0.3, -0.25) is 4.79 Å². The van der Waals surface area contributed by atoms with Crippen LogP contribution in [0, 0.1) is 6.92 Å². The van der Waals surface area contributed by atoms with Crippen molar-refractivity contribution in [2.75, 3.05) is 6.61 Å². The molecule has 2 heterocycles. The number of ether oxygens (including phenoxy) is 1. The zero-order chi connectivity index (χ0) is 18.1. The van der Waals surface area contributed by atoms with E-state index in [9.17, 15) is 20.1 Å². The van der Waals surface area contributed by atoms with E-state index in [4.69, 9.17) is 14.4 Å². The lowest BCUT2D eigenvalue weighted by atomic mass is 9.97. The van der Waals surface area contributed by atoms with Gasteiger partial charge in [0.1, 0.15) is 30.0 Å². The number of fused-ring (bicyclic) bond motifs is 1. The molecule has 5 atom stereocenters. The second kappa shape index (κ2) is 7.06. The summed E-state index contributed by atoms with van der Waals surface area (Å²) in [5.74, 6) is -0.530. The van der Waals surface area contributed by atoms with Crippen molar-refractivity contribution in [3.8, 4) is 0 Å². The highest BCUT2D eigenvalue weighted by atomic mass is 16.6. The van der Waals surface area contributed by atoms with Crippen LogP contribution in [0.3, 0.4) is 0 Å². The number of carbonyl (C=O) groups excluding carboxylic acids is 1. The molecule has 0 aliphatic carbocycles. The molecule has 0 bridgehead atoms. The minimum atomic E-state index is -1.56. The molecule has 1 aromatic carbocycles. The fourth-order valence-electron chi connectivity index (χ4n) is 2.87. The molecule has 3 rings (SSSR count). The van der Waals surface area contributed by atoms with E-state index in [0.29, 0.717) is 16.7 Å². The number of nitrogens with one attached hydrogen (secondary N) is 1. The van der Waals surface area contributed by atoms with E-state index >= 15 is 0 Å². The average Bonchev–Trinajstić information content (AvgIpc) is 2.97. The number of carbonyl (C=O) groups is 1. The molecule has 1 amide bonds. The molecular formula is C16H20N2O7. The lowest BCUT2D eigenvalue weighted by Gasteiger charge is -2.40. The Labute approximate surface area is 142 Å². The standard InChI is InChI=1S/C16H20N2O7/c1-7-2-3-10-8(4-7)9(18-25-10)5-12(20)17-13-15(22)14(21)11(6-19)24-16(13)23/h2-4,11,13-16,19,21-23H,5-6H2,1H3,(H,17,20)/t11-,13?,14?,15-,16?/m1/s1. The van der Waals surface area contributed by atoms with Crippen LogP contribution in [0.2, 0.25) is 0 Å². The molecule has 9 nitrogen and oxygen atoms in total. The summed E-state index contributed by atoms with van der Waals surface area (Å²) < 4.78 is 10.2. The maximum absolute atomic E-state index is 12.3. The normalized spacial score (nSPS) is 29.7. The van der Waals surface area contributed by atoms with Crippen LogP contribution in [-0.4, -0.2) is 68.7 Å². The van der Waals surface area contributed by atoms with Crippen molar-refractivity contribution in [2.24, 2.45) is 0 Å². The predicted molar refractivity (Wildman–Crippen MR) is 84.4 cm³/mol. The van der Waals surface area contributed by atoms with Gasteiger partial charge in [-0.05, 0) is 19.1 Å². The number of aryl methyl sites for hydroxylation is 1. The quantitative estimate of drug-likeness (QED) is 0.451. The zero-order valence-electron chi connectivity index (χ0n) is 13.5. The van der Waals surface area contributed by atoms with Gasteiger partial charge in [0.2, 0.25) is 5.91 Å². The molecule has 3 unspecified atom stereocenters. The molecule has 1 fully saturated rings. The van der Waals surface area contributed by atoms with Gasteiger partial charge in [0.05, 0.1) is 13.0 Å². The molecule has 1 aliphatic heterocycles. The minimum absolute atomic E-state index is 0.133. The van der Waals surface area contributed by atoms with Crippen LogP contribution < -0.4 is 5.32 Å². The maximum atomic E-state index is 12.3. The number of aliphatic hydroxyl groups is 4. The van der Waals surface area contributed by atoms with Crippen LogP contribution in [0.1, 0.15) is 11.3 Å². The molecule has 1 saturated heterocycles. The molecule has 5 N–H and O–H groups in total. The molecule has 1 aliphatic rings. The van der Waals surface area contributed by atoms with Gasteiger partial charge in [0.15, 0.2) is 11.9 Å². The van der Waals surface area contributed by atoms with Crippen LogP contribution in [-0.2, 0) is 16.0 Å². The molecule has 0 saturated carbocycles. The van der Waals surface area contributed by atoms with Crippen molar-refractivity contribution < 1.29 is 34.5 Å². The van der Waals surface area contributed by atoms with E-state index in [0.717, 1.165) is 5.56 Å². The fraction of sp³-hybridized carbons (Fsp3) is 0.500. The summed E-state index contributed by atoms with van der Waals surface area (Å²) in [7, 11) is 0. The monoisotopic (exact) mass is 352 g/mol. The Morgan fingerprint density at radius 3 is 2.76 bits per heavy atom. The van der Waals surface area contributed by atoms with E-state index in [2.05, 4.69) is 10.5 Å². The first-order valence-electron chi connectivity index (χ1n) is 7.85. The fourth-order valence-corrected chi connectivity index (χ4v) is 2.87. The SMILES string of the molecule is Cc1ccc2onc(CC(=O)NC3C(O)O[C@H](CO)C(O)[C@@H]3O)c2c1. The van der Waals surface area contributed by atoms with Gasteiger partial charge in [-0.2, -0.15) is 0 Å². The van der Waals surface area contributed by atoms with E-state index < -0.39 is 43.2 Å². The number of benzene rings is 1. The Balaban J connectivity index is 1.70. The number of amides is 1. The maximum Gasteiger partial charge on any atom is 0.226 e. The Kier molecular flexibility index (Phi) is 5.02. The Morgan fingerprint density at radius 1 is 1.28 bits per heavy atom. The number of nitrogens with zero attached hydrogens (tertiary/aromatic N) is 1. The first-order chi connectivity index (χ1) is 11.9. The third kappa shape index (κ3) is 3.51. The third-order valence-corrected chi connectivity index (χ3v) is 4.26. The average molecular weight is 352 g/mol. The summed E-state index contributed by atoms with van der Waals surface area (Å²) in [5.41, 5.74) is 1.96. The van der Waals surface area contributed by atoms with Crippen LogP contribution in [0.5, 0.6) is 0 Å². The highest BCUT2D eigenvalue weighted by molar-refractivity contribution is 5.86. The minimum Gasteiger partial charge on any atom is -0.394 e. The van der Waals surface area contributed by atoms with Gasteiger partial charge in [-0.25, -0.2) is 0 Å². The first kappa shape index (κ1) is 17.8. The molecule has 9 heteroatoms. The second-order valence-corrected chi connectivity index (χ2v) is 6.13. The van der Waals surface area contributed by atoms with Gasteiger partial charge >= 0.3 is 0 Å². The van der Waals surface area contributed by atoms with Crippen molar-refractivity contribution in [3.63, 3.8) is 0 Å². The molecule has 0 spiro atoms. The Morgan fingerprint density at radius 2 is 2.04 bits per heavy atom. The Bertz CT molecular complexity index is 762. The lowest BCUT2D eigenvalue weighted by molar-refractivity contribution is -0.253. The highest BCUT2D eigenvalue weighted by Crippen LogP contribution is 2.22. The van der Waals surface area contributed by atoms with Crippen molar-refractivity contribution in [1.82, 2.24) is 10.5 Å². The lowest BCUT2D eigenvalue weighted by Crippen LogP contribution is -2.64. The largest absolute Gasteiger partial charge is 0.394 e. The van der Waals surface area contributed by atoms with Crippen LogP contribution in [0.15, 0.2) is 22.7 Å².